The van der Waals surface area contributed by atoms with Crippen molar-refractivity contribution in [3.63, 3.8) is 0 Å². The summed E-state index contributed by atoms with van der Waals surface area (Å²) in [5, 5.41) is 13.4. The van der Waals surface area contributed by atoms with E-state index in [2.05, 4.69) is 10.3 Å². The van der Waals surface area contributed by atoms with E-state index in [0.717, 1.165) is 42.1 Å². The largest absolute Gasteiger partial charge is 0.481 e. The standard InChI is InChI=1S/C20H24FN3O3/c21-15-5-6-17-16(9-15)13(10-23-17)3-2-8-22-19(27)24-11-14-4-1-7-20(14,12-24)18(25)26/h5-6,9-10,14,23H,1-4,7-8,11-12H2,(H,22,27)(H,25,26)/t14-,20+/m0/s1. The lowest BCUT2D eigenvalue weighted by atomic mass is 9.81. The van der Waals surface area contributed by atoms with Crippen LogP contribution in [-0.2, 0) is 11.2 Å². The van der Waals surface area contributed by atoms with Crippen LogP contribution < -0.4 is 5.32 Å². The highest BCUT2D eigenvalue weighted by atomic mass is 19.1. The van der Waals surface area contributed by atoms with E-state index in [1.54, 1.807) is 11.0 Å². The minimum absolute atomic E-state index is 0.0712. The van der Waals surface area contributed by atoms with E-state index in [0.29, 0.717) is 26.1 Å². The van der Waals surface area contributed by atoms with Crippen molar-refractivity contribution in [3.05, 3.63) is 35.8 Å². The van der Waals surface area contributed by atoms with Crippen LogP contribution in [0.25, 0.3) is 10.9 Å². The van der Waals surface area contributed by atoms with Gasteiger partial charge < -0.3 is 20.3 Å². The molecule has 0 radical (unpaired) electrons. The number of carboxylic acids is 1. The molecule has 1 aliphatic heterocycles. The predicted molar refractivity (Wildman–Crippen MR) is 99.0 cm³/mol. The number of nitrogens with one attached hydrogen (secondary N) is 2. The Kier molecular flexibility index (Phi) is 4.53. The van der Waals surface area contributed by atoms with Crippen LogP contribution in [0.2, 0.25) is 0 Å². The van der Waals surface area contributed by atoms with E-state index >= 15 is 0 Å². The van der Waals surface area contributed by atoms with Crippen molar-refractivity contribution >= 4 is 22.9 Å². The molecule has 1 aromatic carbocycles. The van der Waals surface area contributed by atoms with E-state index < -0.39 is 11.4 Å². The van der Waals surface area contributed by atoms with Crippen molar-refractivity contribution in [1.29, 1.82) is 0 Å². The molecule has 2 atom stereocenters. The number of aromatic amines is 1. The van der Waals surface area contributed by atoms with Gasteiger partial charge in [-0.15, -0.1) is 0 Å². The Bertz CT molecular complexity index is 880. The molecule has 144 valence electrons. The van der Waals surface area contributed by atoms with E-state index in [1.165, 1.54) is 12.1 Å². The highest BCUT2D eigenvalue weighted by molar-refractivity contribution is 5.83. The summed E-state index contributed by atoms with van der Waals surface area (Å²) in [6, 6.07) is 4.49. The third-order valence-corrected chi connectivity index (χ3v) is 6.21. The molecule has 4 rings (SSSR count). The lowest BCUT2D eigenvalue weighted by Gasteiger charge is -2.23. The minimum Gasteiger partial charge on any atom is -0.481 e. The molecule has 1 aromatic heterocycles. The fraction of sp³-hybridized carbons (Fsp3) is 0.500. The van der Waals surface area contributed by atoms with Crippen LogP contribution in [0.5, 0.6) is 0 Å². The van der Waals surface area contributed by atoms with Crippen molar-refractivity contribution in [2.75, 3.05) is 19.6 Å². The molecule has 27 heavy (non-hydrogen) atoms. The SMILES string of the molecule is O=C(NCCCc1c[nH]c2ccc(F)cc12)N1C[C@@H]2CCC[C@@]2(C(=O)O)C1. The van der Waals surface area contributed by atoms with Gasteiger partial charge in [0, 0.05) is 36.7 Å². The van der Waals surface area contributed by atoms with E-state index in [-0.39, 0.29) is 17.8 Å². The average molecular weight is 373 g/mol. The van der Waals surface area contributed by atoms with Crippen LogP contribution in [0, 0.1) is 17.2 Å². The Morgan fingerprint density at radius 1 is 1.41 bits per heavy atom. The highest BCUT2D eigenvalue weighted by Crippen LogP contribution is 2.48. The minimum atomic E-state index is -0.771. The summed E-state index contributed by atoms with van der Waals surface area (Å²) in [5.41, 5.74) is 1.18. The van der Waals surface area contributed by atoms with Gasteiger partial charge in [0.15, 0.2) is 0 Å². The third-order valence-electron chi connectivity index (χ3n) is 6.21. The summed E-state index contributed by atoms with van der Waals surface area (Å²) in [5.74, 6) is -0.961. The lowest BCUT2D eigenvalue weighted by molar-refractivity contribution is -0.149. The van der Waals surface area contributed by atoms with Gasteiger partial charge in [-0.3, -0.25) is 4.79 Å². The van der Waals surface area contributed by atoms with Gasteiger partial charge in [0.1, 0.15) is 5.82 Å². The molecular formula is C20H24FN3O3. The number of aliphatic carboxylic acids is 1. The number of aromatic nitrogens is 1. The maximum atomic E-state index is 13.4. The quantitative estimate of drug-likeness (QED) is 0.704. The van der Waals surface area contributed by atoms with E-state index in [1.807, 2.05) is 6.20 Å². The summed E-state index contributed by atoms with van der Waals surface area (Å²) < 4.78 is 13.4. The van der Waals surface area contributed by atoms with Crippen molar-refractivity contribution in [1.82, 2.24) is 15.2 Å². The van der Waals surface area contributed by atoms with Gasteiger partial charge in [-0.1, -0.05) is 6.42 Å². The average Bonchev–Trinajstić information content (AvgIpc) is 3.31. The van der Waals surface area contributed by atoms with Crippen LogP contribution in [0.1, 0.15) is 31.2 Å². The van der Waals surface area contributed by atoms with Crippen molar-refractivity contribution in [2.45, 2.75) is 32.1 Å². The number of carbonyl (C=O) groups is 2. The maximum absolute atomic E-state index is 13.4. The topological polar surface area (TPSA) is 85.4 Å². The zero-order valence-electron chi connectivity index (χ0n) is 15.1. The second-order valence-corrected chi connectivity index (χ2v) is 7.77. The van der Waals surface area contributed by atoms with Crippen LogP contribution >= 0.6 is 0 Å². The second kappa shape index (κ2) is 6.87. The number of hydrogen-bond acceptors (Lipinski definition) is 2. The van der Waals surface area contributed by atoms with E-state index in [4.69, 9.17) is 0 Å². The number of amides is 2. The zero-order chi connectivity index (χ0) is 19.0. The van der Waals surface area contributed by atoms with Crippen molar-refractivity contribution < 1.29 is 19.1 Å². The molecule has 2 aliphatic rings. The number of likely N-dealkylation sites (tertiary alicyclic amines) is 1. The van der Waals surface area contributed by atoms with Crippen molar-refractivity contribution in [3.8, 4) is 0 Å². The number of hydrogen-bond donors (Lipinski definition) is 3. The van der Waals surface area contributed by atoms with Gasteiger partial charge in [-0.25, -0.2) is 9.18 Å². The number of H-pyrrole nitrogens is 1. The molecule has 1 aliphatic carbocycles. The molecule has 2 aromatic rings. The molecule has 2 fully saturated rings. The number of benzene rings is 1. The summed E-state index contributed by atoms with van der Waals surface area (Å²) in [6.07, 6.45) is 5.81. The molecule has 0 bridgehead atoms. The summed E-state index contributed by atoms with van der Waals surface area (Å²) >= 11 is 0. The summed E-state index contributed by atoms with van der Waals surface area (Å²) in [4.78, 5) is 28.9. The maximum Gasteiger partial charge on any atom is 0.317 e. The molecule has 6 nitrogen and oxygen atoms in total. The number of aryl methyl sites for hydroxylation is 1. The van der Waals surface area contributed by atoms with Gasteiger partial charge >= 0.3 is 12.0 Å². The molecule has 2 heterocycles. The Morgan fingerprint density at radius 2 is 2.26 bits per heavy atom. The Morgan fingerprint density at radius 3 is 3.04 bits per heavy atom. The number of carboxylic acid groups (broad SMARTS) is 1. The van der Waals surface area contributed by atoms with Crippen LogP contribution in [0.3, 0.4) is 0 Å². The van der Waals surface area contributed by atoms with Gasteiger partial charge in [-0.2, -0.15) is 0 Å². The predicted octanol–water partition coefficient (Wildman–Crippen LogP) is 3.14. The third kappa shape index (κ3) is 3.15. The van der Waals surface area contributed by atoms with Crippen molar-refractivity contribution in [2.24, 2.45) is 11.3 Å². The Balaban J connectivity index is 1.29. The summed E-state index contributed by atoms with van der Waals surface area (Å²) in [6.45, 7) is 1.34. The first-order valence-corrected chi connectivity index (χ1v) is 9.51. The number of carbonyl (C=O) groups excluding carboxylic acids is 1. The lowest BCUT2D eigenvalue weighted by Crippen LogP contribution is -2.42. The number of nitrogens with zero attached hydrogens (tertiary/aromatic N) is 1. The van der Waals surface area contributed by atoms with Gasteiger partial charge in [0.2, 0.25) is 0 Å². The number of urea groups is 1. The Hall–Kier alpha value is -2.57. The monoisotopic (exact) mass is 373 g/mol. The van der Waals surface area contributed by atoms with Crippen LogP contribution in [0.15, 0.2) is 24.4 Å². The number of rotatable bonds is 5. The normalized spacial score (nSPS) is 24.3. The Labute approximate surface area is 156 Å². The molecule has 7 heteroatoms. The first-order chi connectivity index (χ1) is 13.0. The zero-order valence-corrected chi connectivity index (χ0v) is 15.1. The first-order valence-electron chi connectivity index (χ1n) is 9.51. The van der Waals surface area contributed by atoms with Gasteiger partial charge in [-0.05, 0) is 55.4 Å². The smallest absolute Gasteiger partial charge is 0.317 e. The van der Waals surface area contributed by atoms with E-state index in [9.17, 15) is 19.1 Å². The fourth-order valence-electron chi connectivity index (χ4n) is 4.74. The fourth-order valence-corrected chi connectivity index (χ4v) is 4.74. The van der Waals surface area contributed by atoms with Gasteiger partial charge in [0.05, 0.1) is 5.41 Å². The van der Waals surface area contributed by atoms with Gasteiger partial charge in [0.25, 0.3) is 0 Å². The second-order valence-electron chi connectivity index (χ2n) is 7.77. The molecule has 1 saturated carbocycles. The highest BCUT2D eigenvalue weighted by Gasteiger charge is 2.55. The van der Waals surface area contributed by atoms with Crippen LogP contribution in [0.4, 0.5) is 9.18 Å². The molecule has 0 spiro atoms. The molecule has 3 N–H and O–H groups in total. The molecular weight excluding hydrogens is 349 g/mol. The summed E-state index contributed by atoms with van der Waals surface area (Å²) in [7, 11) is 0. The number of fused-ring (bicyclic) bond motifs is 2. The molecule has 2 amide bonds. The number of halogens is 1. The first kappa shape index (κ1) is 17.8. The van der Waals surface area contributed by atoms with Crippen LogP contribution in [-0.4, -0.2) is 46.6 Å². The molecule has 0 unspecified atom stereocenters. The molecule has 1 saturated heterocycles.